The molecule has 4 N–H and O–H groups in total. The molecule has 0 aliphatic heterocycles. The highest BCUT2D eigenvalue weighted by Gasteiger charge is 2.09. The Kier molecular flexibility index (Phi) is 6.31. The van der Waals surface area contributed by atoms with Gasteiger partial charge in [0.15, 0.2) is 0 Å². The second-order valence-corrected chi connectivity index (χ2v) is 5.03. The fraction of sp³-hybridized carbons (Fsp3) is 0.429. The summed E-state index contributed by atoms with van der Waals surface area (Å²) in [5.74, 6) is -0.349. The van der Waals surface area contributed by atoms with Crippen molar-refractivity contribution >= 4 is 29.1 Å². The van der Waals surface area contributed by atoms with Gasteiger partial charge in [-0.2, -0.15) is 0 Å². The molecule has 0 aromatic heterocycles. The topological polar surface area (TPSA) is 84.2 Å². The van der Waals surface area contributed by atoms with Gasteiger partial charge in [-0.15, -0.1) is 0 Å². The largest absolute Gasteiger partial charge is 0.398 e. The van der Waals surface area contributed by atoms with Gasteiger partial charge >= 0.3 is 0 Å². The first-order valence-electron chi connectivity index (χ1n) is 6.56. The number of rotatable bonds is 6. The van der Waals surface area contributed by atoms with Crippen LogP contribution in [0.25, 0.3) is 0 Å². The number of nitrogen functional groups attached to an aromatic ring is 1. The molecule has 1 atom stereocenters. The van der Waals surface area contributed by atoms with Crippen molar-refractivity contribution < 1.29 is 9.59 Å². The van der Waals surface area contributed by atoms with Crippen LogP contribution in [0.3, 0.4) is 0 Å². The molecule has 110 valence electrons. The SMILES string of the molecule is CCC(C)NC(=O)CCNC(=O)c1ccc(N)c(Cl)c1. The van der Waals surface area contributed by atoms with Crippen LogP contribution in [-0.4, -0.2) is 24.4 Å². The van der Waals surface area contributed by atoms with Gasteiger partial charge in [0.05, 0.1) is 10.7 Å². The predicted molar refractivity (Wildman–Crippen MR) is 80.7 cm³/mol. The average molecular weight is 298 g/mol. The van der Waals surface area contributed by atoms with E-state index in [2.05, 4.69) is 10.6 Å². The van der Waals surface area contributed by atoms with Crippen LogP contribution in [0.15, 0.2) is 18.2 Å². The monoisotopic (exact) mass is 297 g/mol. The third-order valence-electron chi connectivity index (χ3n) is 2.92. The van der Waals surface area contributed by atoms with E-state index in [0.29, 0.717) is 16.3 Å². The van der Waals surface area contributed by atoms with E-state index in [1.54, 1.807) is 12.1 Å². The maximum absolute atomic E-state index is 11.8. The third kappa shape index (κ3) is 5.09. The van der Waals surface area contributed by atoms with E-state index in [4.69, 9.17) is 17.3 Å². The molecule has 0 heterocycles. The molecule has 0 saturated carbocycles. The highest BCUT2D eigenvalue weighted by Crippen LogP contribution is 2.19. The Morgan fingerprint density at radius 2 is 2.10 bits per heavy atom. The molecule has 6 heteroatoms. The van der Waals surface area contributed by atoms with Gasteiger partial charge < -0.3 is 16.4 Å². The molecule has 1 unspecified atom stereocenters. The van der Waals surface area contributed by atoms with E-state index in [0.717, 1.165) is 6.42 Å². The number of benzene rings is 1. The normalized spacial score (nSPS) is 11.8. The first-order chi connectivity index (χ1) is 9.43. The summed E-state index contributed by atoms with van der Waals surface area (Å²) in [5.41, 5.74) is 6.42. The Bertz CT molecular complexity index is 491. The van der Waals surface area contributed by atoms with E-state index in [1.807, 2.05) is 13.8 Å². The number of anilines is 1. The Morgan fingerprint density at radius 1 is 1.40 bits per heavy atom. The molecule has 0 saturated heterocycles. The van der Waals surface area contributed by atoms with Crippen LogP contribution in [0.5, 0.6) is 0 Å². The Balaban J connectivity index is 2.40. The van der Waals surface area contributed by atoms with Crippen LogP contribution in [0.2, 0.25) is 5.02 Å². The minimum absolute atomic E-state index is 0.0741. The van der Waals surface area contributed by atoms with Gasteiger partial charge in [-0.3, -0.25) is 9.59 Å². The van der Waals surface area contributed by atoms with Gasteiger partial charge in [0.1, 0.15) is 0 Å². The highest BCUT2D eigenvalue weighted by atomic mass is 35.5. The summed E-state index contributed by atoms with van der Waals surface area (Å²) in [6.07, 6.45) is 1.13. The summed E-state index contributed by atoms with van der Waals surface area (Å²) in [6, 6.07) is 4.82. The highest BCUT2D eigenvalue weighted by molar-refractivity contribution is 6.33. The lowest BCUT2D eigenvalue weighted by atomic mass is 10.2. The molecule has 0 radical (unpaired) electrons. The van der Waals surface area contributed by atoms with Crippen LogP contribution in [0, 0.1) is 0 Å². The van der Waals surface area contributed by atoms with Crippen LogP contribution >= 0.6 is 11.6 Å². The zero-order valence-electron chi connectivity index (χ0n) is 11.7. The smallest absolute Gasteiger partial charge is 0.251 e. The van der Waals surface area contributed by atoms with Crippen molar-refractivity contribution in [1.82, 2.24) is 10.6 Å². The summed E-state index contributed by atoms with van der Waals surface area (Å²) in [5, 5.41) is 5.84. The van der Waals surface area contributed by atoms with Crippen LogP contribution in [0.1, 0.15) is 37.0 Å². The molecule has 0 bridgehead atoms. The molecular weight excluding hydrogens is 278 g/mol. The average Bonchev–Trinajstić information content (AvgIpc) is 2.41. The van der Waals surface area contributed by atoms with E-state index >= 15 is 0 Å². The van der Waals surface area contributed by atoms with E-state index < -0.39 is 0 Å². The van der Waals surface area contributed by atoms with Gasteiger partial charge in [0, 0.05) is 24.6 Å². The number of hydrogen-bond acceptors (Lipinski definition) is 3. The van der Waals surface area contributed by atoms with Crippen LogP contribution < -0.4 is 16.4 Å². The molecule has 0 fully saturated rings. The molecule has 0 spiro atoms. The fourth-order valence-electron chi connectivity index (χ4n) is 1.51. The molecule has 0 aliphatic rings. The third-order valence-corrected chi connectivity index (χ3v) is 3.25. The second kappa shape index (κ2) is 7.75. The standard InChI is InChI=1S/C14H20ClN3O2/c1-3-9(2)18-13(19)6-7-17-14(20)10-4-5-12(16)11(15)8-10/h4-5,8-9H,3,6-7,16H2,1-2H3,(H,17,20)(H,18,19). The maximum Gasteiger partial charge on any atom is 0.251 e. The number of carbonyl (C=O) groups excluding carboxylic acids is 2. The van der Waals surface area contributed by atoms with Crippen molar-refractivity contribution in [3.05, 3.63) is 28.8 Å². The first-order valence-corrected chi connectivity index (χ1v) is 6.94. The van der Waals surface area contributed by atoms with Crippen LogP contribution in [0.4, 0.5) is 5.69 Å². The van der Waals surface area contributed by atoms with Crippen molar-refractivity contribution in [3.8, 4) is 0 Å². The lowest BCUT2D eigenvalue weighted by molar-refractivity contribution is -0.121. The minimum Gasteiger partial charge on any atom is -0.398 e. The molecule has 2 amide bonds. The Labute approximate surface area is 123 Å². The molecular formula is C14H20ClN3O2. The molecule has 1 aromatic carbocycles. The summed E-state index contributed by atoms with van der Waals surface area (Å²) in [7, 11) is 0. The number of hydrogen-bond donors (Lipinski definition) is 3. The van der Waals surface area contributed by atoms with Gasteiger partial charge in [-0.25, -0.2) is 0 Å². The van der Waals surface area contributed by atoms with Crippen molar-refractivity contribution in [1.29, 1.82) is 0 Å². The minimum atomic E-state index is -0.275. The number of amides is 2. The van der Waals surface area contributed by atoms with E-state index in [1.165, 1.54) is 6.07 Å². The second-order valence-electron chi connectivity index (χ2n) is 4.62. The number of nitrogens with one attached hydrogen (secondary N) is 2. The quantitative estimate of drug-likeness (QED) is 0.702. The lowest BCUT2D eigenvalue weighted by Gasteiger charge is -2.11. The molecule has 1 aromatic rings. The molecule has 5 nitrogen and oxygen atoms in total. The molecule has 0 aliphatic carbocycles. The van der Waals surface area contributed by atoms with Gasteiger partial charge in [-0.05, 0) is 31.5 Å². The molecule has 20 heavy (non-hydrogen) atoms. The van der Waals surface area contributed by atoms with Crippen molar-refractivity contribution in [2.75, 3.05) is 12.3 Å². The number of nitrogens with two attached hydrogens (primary N) is 1. The lowest BCUT2D eigenvalue weighted by Crippen LogP contribution is -2.35. The Hall–Kier alpha value is -1.75. The fourth-order valence-corrected chi connectivity index (χ4v) is 1.69. The first kappa shape index (κ1) is 16.3. The number of halogens is 1. The summed E-state index contributed by atoms with van der Waals surface area (Å²) in [4.78, 5) is 23.4. The van der Waals surface area contributed by atoms with Gasteiger partial charge in [-0.1, -0.05) is 18.5 Å². The predicted octanol–water partition coefficient (Wildman–Crippen LogP) is 1.96. The van der Waals surface area contributed by atoms with Crippen molar-refractivity contribution in [3.63, 3.8) is 0 Å². The van der Waals surface area contributed by atoms with E-state index in [-0.39, 0.29) is 30.8 Å². The van der Waals surface area contributed by atoms with Crippen molar-refractivity contribution in [2.45, 2.75) is 32.7 Å². The van der Waals surface area contributed by atoms with Gasteiger partial charge in [0.25, 0.3) is 5.91 Å². The van der Waals surface area contributed by atoms with Crippen molar-refractivity contribution in [2.24, 2.45) is 0 Å². The summed E-state index contributed by atoms with van der Waals surface area (Å²) in [6.45, 7) is 4.22. The maximum atomic E-state index is 11.8. The zero-order valence-corrected chi connectivity index (χ0v) is 12.5. The summed E-state index contributed by atoms with van der Waals surface area (Å²) < 4.78 is 0. The van der Waals surface area contributed by atoms with Gasteiger partial charge in [0.2, 0.25) is 5.91 Å². The summed E-state index contributed by atoms with van der Waals surface area (Å²) >= 11 is 5.85. The van der Waals surface area contributed by atoms with E-state index in [9.17, 15) is 9.59 Å². The Morgan fingerprint density at radius 3 is 2.70 bits per heavy atom. The molecule has 1 rings (SSSR count). The van der Waals surface area contributed by atoms with Crippen LogP contribution in [-0.2, 0) is 4.79 Å². The zero-order chi connectivity index (χ0) is 15.1. The number of carbonyl (C=O) groups is 2.